The molecule has 5 heteroatoms. The molecule has 0 radical (unpaired) electrons. The highest BCUT2D eigenvalue weighted by Gasteiger charge is 2.28. The van der Waals surface area contributed by atoms with Crippen LogP contribution in [-0.4, -0.2) is 48.6 Å². The van der Waals surface area contributed by atoms with E-state index in [1.165, 1.54) is 0 Å². The summed E-state index contributed by atoms with van der Waals surface area (Å²) in [6.45, 7) is 4.91. The fraction of sp³-hybridized carbons (Fsp3) is 1.00. The van der Waals surface area contributed by atoms with Gasteiger partial charge in [0.2, 0.25) is 0 Å². The van der Waals surface area contributed by atoms with Gasteiger partial charge in [0.15, 0.2) is 0 Å². The number of rotatable bonds is 6. The molecule has 0 aromatic heterocycles. The van der Waals surface area contributed by atoms with Crippen LogP contribution in [0, 0.1) is 0 Å². The van der Waals surface area contributed by atoms with Gasteiger partial charge < -0.3 is 18.9 Å². The van der Waals surface area contributed by atoms with Gasteiger partial charge in [-0.1, -0.05) is 0 Å². The van der Waals surface area contributed by atoms with Gasteiger partial charge in [0, 0.05) is 27.3 Å². The topological polar surface area (TPSA) is 39.7 Å². The lowest BCUT2D eigenvalue weighted by Gasteiger charge is -2.26. The van der Waals surface area contributed by atoms with E-state index in [-0.39, 0.29) is 0 Å². The zero-order chi connectivity index (χ0) is 11.1. The molecule has 90 valence electrons. The summed E-state index contributed by atoms with van der Waals surface area (Å²) in [5.74, 6) is 0. The Morgan fingerprint density at radius 2 is 2.13 bits per heavy atom. The second-order valence-corrected chi connectivity index (χ2v) is 7.72. The Kier molecular flexibility index (Phi) is 5.77. The van der Waals surface area contributed by atoms with Gasteiger partial charge >= 0.3 is 8.56 Å². The van der Waals surface area contributed by atoms with Crippen molar-refractivity contribution in [3.05, 3.63) is 0 Å². The summed E-state index contributed by atoms with van der Waals surface area (Å²) in [7, 11) is 1.63. The van der Waals surface area contributed by atoms with E-state index in [2.05, 4.69) is 11.9 Å². The van der Waals surface area contributed by atoms with Crippen LogP contribution in [0.5, 0.6) is 0 Å². The van der Waals surface area contributed by atoms with E-state index in [1.54, 1.807) is 14.2 Å². The molecule has 1 atom stereocenters. The minimum absolute atomic E-state index is 0.380. The van der Waals surface area contributed by atoms with Crippen LogP contribution in [0.15, 0.2) is 0 Å². The normalized spacial score (nSPS) is 23.0. The number of hydrogen-bond donors (Lipinski definition) is 1. The van der Waals surface area contributed by atoms with Crippen LogP contribution in [0.4, 0.5) is 0 Å². The van der Waals surface area contributed by atoms with Crippen LogP contribution in [0.2, 0.25) is 12.6 Å². The third-order valence-corrected chi connectivity index (χ3v) is 6.01. The van der Waals surface area contributed by atoms with Crippen molar-refractivity contribution in [1.29, 1.82) is 0 Å². The quantitative estimate of drug-likeness (QED) is 0.698. The van der Waals surface area contributed by atoms with Crippen molar-refractivity contribution < 1.29 is 13.6 Å². The lowest BCUT2D eigenvalue weighted by Crippen LogP contribution is -2.39. The highest BCUT2D eigenvalue weighted by Crippen LogP contribution is 2.17. The van der Waals surface area contributed by atoms with Crippen molar-refractivity contribution in [2.24, 2.45) is 0 Å². The van der Waals surface area contributed by atoms with E-state index in [0.29, 0.717) is 6.10 Å². The first kappa shape index (κ1) is 13.1. The molecule has 0 aliphatic carbocycles. The summed E-state index contributed by atoms with van der Waals surface area (Å²) < 4.78 is 16.5. The molecule has 0 amide bonds. The number of hydrogen-bond acceptors (Lipinski definition) is 4. The van der Waals surface area contributed by atoms with Crippen molar-refractivity contribution in [1.82, 2.24) is 5.32 Å². The third-order valence-electron chi connectivity index (χ3n) is 3.02. The molecule has 1 fully saturated rings. The number of nitrogens with one attached hydrogen (secondary N) is 1. The number of ether oxygens (including phenoxy) is 1. The van der Waals surface area contributed by atoms with Gasteiger partial charge in [0.1, 0.15) is 0 Å². The first-order valence-electron chi connectivity index (χ1n) is 5.63. The Morgan fingerprint density at radius 3 is 2.67 bits per heavy atom. The van der Waals surface area contributed by atoms with Crippen molar-refractivity contribution >= 4 is 8.56 Å². The SMILES string of the molecule is CO[Si](C)(CCCC1CNCCO1)OC. The molecule has 0 saturated carbocycles. The minimum Gasteiger partial charge on any atom is -0.398 e. The third kappa shape index (κ3) is 4.61. The Hall–Kier alpha value is 0.0569. The van der Waals surface area contributed by atoms with Crippen molar-refractivity contribution in [2.75, 3.05) is 33.9 Å². The molecule has 1 aliphatic heterocycles. The first-order valence-corrected chi connectivity index (χ1v) is 8.15. The molecule has 0 aromatic carbocycles. The zero-order valence-electron chi connectivity index (χ0n) is 10.0. The molecule has 0 spiro atoms. The van der Waals surface area contributed by atoms with Gasteiger partial charge in [-0.2, -0.15) is 0 Å². The second-order valence-electron chi connectivity index (χ2n) is 4.13. The van der Waals surface area contributed by atoms with E-state index in [9.17, 15) is 0 Å². The largest absolute Gasteiger partial charge is 0.398 e. The lowest BCUT2D eigenvalue weighted by molar-refractivity contribution is 0.0228. The maximum absolute atomic E-state index is 5.63. The van der Waals surface area contributed by atoms with Gasteiger partial charge in [0.05, 0.1) is 12.7 Å². The molecule has 0 bridgehead atoms. The van der Waals surface area contributed by atoms with E-state index >= 15 is 0 Å². The molecule has 1 N–H and O–H groups in total. The molecule has 1 unspecified atom stereocenters. The minimum atomic E-state index is -1.86. The highest BCUT2D eigenvalue weighted by atomic mass is 28.4. The Bertz CT molecular complexity index is 170. The average molecular weight is 233 g/mol. The van der Waals surface area contributed by atoms with Crippen LogP contribution in [-0.2, 0) is 13.6 Å². The van der Waals surface area contributed by atoms with Crippen LogP contribution in [0.3, 0.4) is 0 Å². The summed E-state index contributed by atoms with van der Waals surface area (Å²) in [6.07, 6.45) is 2.60. The molecule has 1 aliphatic rings. The van der Waals surface area contributed by atoms with Crippen molar-refractivity contribution in [3.8, 4) is 0 Å². The molecular formula is C10H23NO3Si. The van der Waals surface area contributed by atoms with Crippen LogP contribution >= 0.6 is 0 Å². The zero-order valence-corrected chi connectivity index (χ0v) is 11.0. The molecule has 4 nitrogen and oxygen atoms in total. The Labute approximate surface area is 93.5 Å². The number of morpholine rings is 1. The summed E-state index contributed by atoms with van der Waals surface area (Å²) in [5, 5.41) is 3.33. The van der Waals surface area contributed by atoms with E-state index < -0.39 is 8.56 Å². The van der Waals surface area contributed by atoms with Crippen LogP contribution in [0.1, 0.15) is 12.8 Å². The highest BCUT2D eigenvalue weighted by molar-refractivity contribution is 6.65. The fourth-order valence-corrected chi connectivity index (χ4v) is 3.16. The van der Waals surface area contributed by atoms with Gasteiger partial charge in [-0.15, -0.1) is 0 Å². The van der Waals surface area contributed by atoms with Crippen LogP contribution in [0.25, 0.3) is 0 Å². The van der Waals surface area contributed by atoms with Gasteiger partial charge in [-0.25, -0.2) is 0 Å². The molecule has 1 saturated heterocycles. The van der Waals surface area contributed by atoms with E-state index in [1.807, 2.05) is 0 Å². The van der Waals surface area contributed by atoms with Crippen molar-refractivity contribution in [2.45, 2.75) is 31.5 Å². The summed E-state index contributed by atoms with van der Waals surface area (Å²) >= 11 is 0. The van der Waals surface area contributed by atoms with E-state index in [4.69, 9.17) is 13.6 Å². The lowest BCUT2D eigenvalue weighted by atomic mass is 10.2. The fourth-order valence-electron chi connectivity index (χ4n) is 1.74. The first-order chi connectivity index (χ1) is 7.20. The maximum Gasteiger partial charge on any atom is 0.334 e. The van der Waals surface area contributed by atoms with Gasteiger partial charge in [0.25, 0.3) is 0 Å². The average Bonchev–Trinajstić information content (AvgIpc) is 2.30. The Balaban J connectivity index is 2.14. The molecule has 15 heavy (non-hydrogen) atoms. The predicted molar refractivity (Wildman–Crippen MR) is 62.3 cm³/mol. The monoisotopic (exact) mass is 233 g/mol. The van der Waals surface area contributed by atoms with Crippen LogP contribution < -0.4 is 5.32 Å². The maximum atomic E-state index is 5.63. The van der Waals surface area contributed by atoms with Gasteiger partial charge in [-0.3, -0.25) is 0 Å². The standard InChI is InChI=1S/C10H23NO3Si/c1-12-15(3,13-2)8-4-5-10-9-11-6-7-14-10/h10-11H,4-9H2,1-3H3. The van der Waals surface area contributed by atoms with Crippen molar-refractivity contribution in [3.63, 3.8) is 0 Å². The predicted octanol–water partition coefficient (Wildman–Crippen LogP) is 1.12. The molecular weight excluding hydrogens is 210 g/mol. The second kappa shape index (κ2) is 6.60. The molecule has 0 aromatic rings. The smallest absolute Gasteiger partial charge is 0.334 e. The van der Waals surface area contributed by atoms with E-state index in [0.717, 1.165) is 38.6 Å². The summed E-state index contributed by atoms with van der Waals surface area (Å²) in [6, 6.07) is 1.04. The molecule has 1 rings (SSSR count). The van der Waals surface area contributed by atoms with Gasteiger partial charge in [-0.05, 0) is 25.4 Å². The Morgan fingerprint density at radius 1 is 1.40 bits per heavy atom. The molecule has 1 heterocycles. The summed E-state index contributed by atoms with van der Waals surface area (Å²) in [5.41, 5.74) is 0. The summed E-state index contributed by atoms with van der Waals surface area (Å²) in [4.78, 5) is 0.